The largest absolute Gasteiger partial charge is 0.493 e. The Balaban J connectivity index is 1.54. The summed E-state index contributed by atoms with van der Waals surface area (Å²) < 4.78 is 12.2. The molecule has 8 nitrogen and oxygen atoms in total. The van der Waals surface area contributed by atoms with E-state index in [-0.39, 0.29) is 17.0 Å². The van der Waals surface area contributed by atoms with Crippen LogP contribution < -0.4 is 15.0 Å². The van der Waals surface area contributed by atoms with Crippen LogP contribution in [0.5, 0.6) is 11.5 Å². The monoisotopic (exact) mass is 408 g/mol. The van der Waals surface area contributed by atoms with Crippen LogP contribution in [-0.2, 0) is 26.1 Å². The van der Waals surface area contributed by atoms with Crippen LogP contribution in [0.15, 0.2) is 41.5 Å². The Labute approximate surface area is 174 Å². The summed E-state index contributed by atoms with van der Waals surface area (Å²) in [5.74, 6) is 1.06. The number of carbonyl (C=O) groups excluding carboxylic acids is 1. The molecule has 0 atom stereocenters. The van der Waals surface area contributed by atoms with Crippen LogP contribution in [0, 0.1) is 6.92 Å². The topological polar surface area (TPSA) is 89.5 Å². The molecule has 1 aromatic carbocycles. The molecular formula is C22H24N4O4. The van der Waals surface area contributed by atoms with Crippen molar-refractivity contribution in [3.63, 3.8) is 0 Å². The molecule has 3 aromatic rings. The van der Waals surface area contributed by atoms with Crippen molar-refractivity contribution in [3.8, 4) is 11.5 Å². The van der Waals surface area contributed by atoms with Gasteiger partial charge in [-0.05, 0) is 42.7 Å². The molecule has 1 aliphatic heterocycles. The standard InChI is InChI=1S/C22H24N4O4/c1-14-6-8-25(9-7-15-4-5-18(29-2)19(10-15)30-3)21(27)20(14)22(28)26-12-16-11-23-24-17(16)13-26/h4-6,8,10-11H,7,9,12-13H2,1-3H3,(H,23,24). The maximum atomic E-state index is 13.1. The number of benzene rings is 1. The lowest BCUT2D eigenvalue weighted by molar-refractivity contribution is 0.0746. The minimum atomic E-state index is -0.269. The van der Waals surface area contributed by atoms with Crippen molar-refractivity contribution in [2.75, 3.05) is 14.2 Å². The van der Waals surface area contributed by atoms with Gasteiger partial charge in [-0.3, -0.25) is 14.7 Å². The average Bonchev–Trinajstić information content (AvgIpc) is 3.35. The molecule has 0 fully saturated rings. The van der Waals surface area contributed by atoms with Crippen LogP contribution in [0.3, 0.4) is 0 Å². The van der Waals surface area contributed by atoms with E-state index in [0.717, 1.165) is 16.8 Å². The number of nitrogens with one attached hydrogen (secondary N) is 1. The molecule has 4 rings (SSSR count). The smallest absolute Gasteiger partial charge is 0.263 e. The van der Waals surface area contributed by atoms with Crippen molar-refractivity contribution in [2.24, 2.45) is 0 Å². The zero-order valence-electron chi connectivity index (χ0n) is 17.3. The fourth-order valence-electron chi connectivity index (χ4n) is 3.75. The number of methoxy groups -OCH3 is 2. The van der Waals surface area contributed by atoms with Crippen molar-refractivity contribution in [1.82, 2.24) is 19.7 Å². The van der Waals surface area contributed by atoms with Crippen LogP contribution in [0.25, 0.3) is 0 Å². The predicted molar refractivity (Wildman–Crippen MR) is 111 cm³/mol. The molecule has 30 heavy (non-hydrogen) atoms. The molecule has 0 aliphatic carbocycles. The number of aromatic amines is 1. The number of aromatic nitrogens is 3. The van der Waals surface area contributed by atoms with Gasteiger partial charge in [-0.15, -0.1) is 0 Å². The first-order valence-corrected chi connectivity index (χ1v) is 9.73. The highest BCUT2D eigenvalue weighted by atomic mass is 16.5. The summed E-state index contributed by atoms with van der Waals surface area (Å²) in [5, 5.41) is 6.89. The van der Waals surface area contributed by atoms with Crippen molar-refractivity contribution >= 4 is 5.91 Å². The van der Waals surface area contributed by atoms with Crippen LogP contribution in [-0.4, -0.2) is 39.8 Å². The molecule has 156 valence electrons. The quantitative estimate of drug-likeness (QED) is 0.676. The lowest BCUT2D eigenvalue weighted by Gasteiger charge is -2.17. The normalized spacial score (nSPS) is 12.7. The van der Waals surface area contributed by atoms with E-state index >= 15 is 0 Å². The molecule has 1 N–H and O–H groups in total. The van der Waals surface area contributed by atoms with Gasteiger partial charge in [0.15, 0.2) is 11.5 Å². The number of ether oxygens (including phenoxy) is 2. The summed E-state index contributed by atoms with van der Waals surface area (Å²) in [6.45, 7) is 3.15. The Kier molecular flexibility index (Phi) is 5.31. The molecule has 0 unspecified atom stereocenters. The zero-order chi connectivity index (χ0) is 21.3. The molecule has 0 bridgehead atoms. The Hall–Kier alpha value is -3.55. The number of hydrogen-bond acceptors (Lipinski definition) is 5. The maximum absolute atomic E-state index is 13.1. The summed E-state index contributed by atoms with van der Waals surface area (Å²) in [6.07, 6.45) is 4.09. The molecule has 8 heteroatoms. The summed E-state index contributed by atoms with van der Waals surface area (Å²) in [6, 6.07) is 7.51. The number of H-pyrrole nitrogens is 1. The van der Waals surface area contributed by atoms with Gasteiger partial charge in [0.05, 0.1) is 32.7 Å². The number of fused-ring (bicyclic) bond motifs is 1. The first-order valence-electron chi connectivity index (χ1n) is 9.73. The van der Waals surface area contributed by atoms with E-state index < -0.39 is 0 Å². The number of amides is 1. The molecule has 2 aromatic heterocycles. The van der Waals surface area contributed by atoms with Crippen LogP contribution in [0.2, 0.25) is 0 Å². The van der Waals surface area contributed by atoms with E-state index in [1.54, 1.807) is 43.0 Å². The second-order valence-electron chi connectivity index (χ2n) is 7.35. The van der Waals surface area contributed by atoms with Crippen molar-refractivity contribution < 1.29 is 14.3 Å². The molecule has 0 saturated carbocycles. The van der Waals surface area contributed by atoms with Gasteiger partial charge in [0.2, 0.25) is 0 Å². The van der Waals surface area contributed by atoms with E-state index in [4.69, 9.17) is 9.47 Å². The highest BCUT2D eigenvalue weighted by Crippen LogP contribution is 2.28. The van der Waals surface area contributed by atoms with Crippen molar-refractivity contribution in [2.45, 2.75) is 33.0 Å². The third-order valence-corrected chi connectivity index (χ3v) is 5.48. The molecular weight excluding hydrogens is 384 g/mol. The highest BCUT2D eigenvalue weighted by molar-refractivity contribution is 5.95. The maximum Gasteiger partial charge on any atom is 0.263 e. The molecule has 0 radical (unpaired) electrons. The fourth-order valence-corrected chi connectivity index (χ4v) is 3.75. The lowest BCUT2D eigenvalue weighted by Crippen LogP contribution is -2.35. The van der Waals surface area contributed by atoms with Gasteiger partial charge in [-0.2, -0.15) is 5.10 Å². The minimum absolute atomic E-state index is 0.225. The van der Waals surface area contributed by atoms with E-state index in [1.165, 1.54) is 0 Å². The first kappa shape index (κ1) is 19.8. The number of hydrogen-bond donors (Lipinski definition) is 1. The van der Waals surface area contributed by atoms with Gasteiger partial charge in [-0.25, -0.2) is 0 Å². The number of aryl methyl sites for hydroxylation is 3. The summed E-state index contributed by atoms with van der Waals surface area (Å²) in [5.41, 5.74) is 3.56. The SMILES string of the molecule is COc1ccc(CCn2ccc(C)c(C(=O)N3Cc4cn[nH]c4C3)c2=O)cc1OC. The minimum Gasteiger partial charge on any atom is -0.493 e. The van der Waals surface area contributed by atoms with E-state index in [9.17, 15) is 9.59 Å². The number of carbonyl (C=O) groups is 1. The Morgan fingerprint density at radius 1 is 1.17 bits per heavy atom. The van der Waals surface area contributed by atoms with Crippen molar-refractivity contribution in [1.29, 1.82) is 0 Å². The third kappa shape index (κ3) is 3.56. The van der Waals surface area contributed by atoms with E-state index in [1.807, 2.05) is 24.3 Å². The second-order valence-corrected chi connectivity index (χ2v) is 7.35. The van der Waals surface area contributed by atoms with E-state index in [2.05, 4.69) is 10.2 Å². The predicted octanol–water partition coefficient (Wildman–Crippen LogP) is 2.30. The van der Waals surface area contributed by atoms with Gasteiger partial charge >= 0.3 is 0 Å². The van der Waals surface area contributed by atoms with Crippen LogP contribution >= 0.6 is 0 Å². The van der Waals surface area contributed by atoms with E-state index in [0.29, 0.717) is 43.1 Å². The zero-order valence-corrected chi connectivity index (χ0v) is 17.3. The highest BCUT2D eigenvalue weighted by Gasteiger charge is 2.28. The lowest BCUT2D eigenvalue weighted by atomic mass is 10.1. The van der Waals surface area contributed by atoms with Gasteiger partial charge < -0.3 is 18.9 Å². The first-order chi connectivity index (χ1) is 14.5. The molecule has 1 aliphatic rings. The Bertz CT molecular complexity index is 1130. The Morgan fingerprint density at radius 2 is 1.97 bits per heavy atom. The van der Waals surface area contributed by atoms with Gasteiger partial charge in [0.25, 0.3) is 11.5 Å². The fraction of sp³-hybridized carbons (Fsp3) is 0.318. The molecule has 0 saturated heterocycles. The summed E-state index contributed by atoms with van der Waals surface area (Å²) >= 11 is 0. The summed E-state index contributed by atoms with van der Waals surface area (Å²) in [7, 11) is 3.18. The van der Waals surface area contributed by atoms with Gasteiger partial charge in [0, 0.05) is 24.8 Å². The number of rotatable bonds is 6. The van der Waals surface area contributed by atoms with Crippen molar-refractivity contribution in [3.05, 3.63) is 75.0 Å². The second kappa shape index (κ2) is 8.06. The average molecular weight is 408 g/mol. The molecule has 3 heterocycles. The number of nitrogens with zero attached hydrogens (tertiary/aromatic N) is 3. The van der Waals surface area contributed by atoms with Gasteiger partial charge in [-0.1, -0.05) is 6.07 Å². The van der Waals surface area contributed by atoms with Crippen LogP contribution in [0.4, 0.5) is 0 Å². The molecule has 0 spiro atoms. The third-order valence-electron chi connectivity index (χ3n) is 5.48. The van der Waals surface area contributed by atoms with Crippen LogP contribution in [0.1, 0.15) is 32.7 Å². The Morgan fingerprint density at radius 3 is 2.70 bits per heavy atom. The summed E-state index contributed by atoms with van der Waals surface area (Å²) in [4.78, 5) is 27.8. The molecule has 1 amide bonds. The van der Waals surface area contributed by atoms with Gasteiger partial charge in [0.1, 0.15) is 5.56 Å². The number of pyridine rings is 1.